The van der Waals surface area contributed by atoms with Crippen molar-refractivity contribution in [3.8, 4) is 22.8 Å². The van der Waals surface area contributed by atoms with Crippen molar-refractivity contribution >= 4 is 29.1 Å². The largest absolute Gasteiger partial charge is 0.493 e. The molecule has 44 heavy (non-hydrogen) atoms. The summed E-state index contributed by atoms with van der Waals surface area (Å²) >= 11 is 6.10. The van der Waals surface area contributed by atoms with E-state index in [4.69, 9.17) is 31.8 Å². The second-order valence-electron chi connectivity index (χ2n) is 11.4. The molecule has 1 aromatic carbocycles. The molecule has 0 spiro atoms. The van der Waals surface area contributed by atoms with Gasteiger partial charge in [0.25, 0.3) is 5.91 Å². The van der Waals surface area contributed by atoms with Crippen molar-refractivity contribution in [1.29, 1.82) is 0 Å². The molecule has 4 N–H and O–H groups in total. The van der Waals surface area contributed by atoms with E-state index in [0.717, 1.165) is 18.5 Å². The first-order valence-electron chi connectivity index (χ1n) is 14.6. The minimum atomic E-state index is -1.59. The molecule has 3 aromatic heterocycles. The van der Waals surface area contributed by atoms with E-state index < -0.39 is 23.2 Å². The Balaban J connectivity index is 1.36. The monoisotopic (exact) mass is 621 g/mol. The molecule has 0 aliphatic heterocycles. The minimum Gasteiger partial charge on any atom is -0.493 e. The van der Waals surface area contributed by atoms with Gasteiger partial charge in [-0.2, -0.15) is 0 Å². The normalized spacial score (nSPS) is 16.0. The fourth-order valence-corrected chi connectivity index (χ4v) is 5.71. The van der Waals surface area contributed by atoms with Crippen LogP contribution in [0.3, 0.4) is 0 Å². The molecule has 2 aliphatic rings. The second kappa shape index (κ2) is 11.7. The fraction of sp³-hybridized carbons (Fsp3) is 0.375. The minimum absolute atomic E-state index is 0.118. The van der Waals surface area contributed by atoms with Crippen LogP contribution in [0.4, 0.5) is 4.39 Å². The van der Waals surface area contributed by atoms with Crippen LogP contribution >= 0.6 is 11.6 Å². The lowest BCUT2D eigenvalue weighted by Gasteiger charge is -2.30. The van der Waals surface area contributed by atoms with Crippen molar-refractivity contribution in [2.45, 2.75) is 50.5 Å². The topological polar surface area (TPSA) is 141 Å². The van der Waals surface area contributed by atoms with E-state index in [1.54, 1.807) is 29.7 Å². The van der Waals surface area contributed by atoms with Crippen LogP contribution in [0.5, 0.6) is 11.5 Å². The highest BCUT2D eigenvalue weighted by Gasteiger charge is 2.47. The van der Waals surface area contributed by atoms with Gasteiger partial charge in [-0.25, -0.2) is 14.4 Å². The number of rotatable bonds is 12. The molecular weight excluding hydrogens is 589 g/mol. The number of pyridine rings is 2. The lowest BCUT2D eigenvalue weighted by Crippen LogP contribution is -2.43. The summed E-state index contributed by atoms with van der Waals surface area (Å²) in [6, 6.07) is 7.33. The number of aromatic nitrogens is 3. The Hall–Kier alpha value is -4.22. The van der Waals surface area contributed by atoms with E-state index in [1.165, 1.54) is 25.3 Å². The Morgan fingerprint density at radius 1 is 1.18 bits per heavy atom. The number of imidazole rings is 1. The Morgan fingerprint density at radius 2 is 1.95 bits per heavy atom. The van der Waals surface area contributed by atoms with Gasteiger partial charge in [0.1, 0.15) is 22.9 Å². The van der Waals surface area contributed by atoms with Gasteiger partial charge >= 0.3 is 0 Å². The van der Waals surface area contributed by atoms with Crippen LogP contribution in [0.2, 0.25) is 5.02 Å². The number of nitrogens with two attached hydrogens (primary N) is 1. The maximum Gasteiger partial charge on any atom is 0.253 e. The lowest BCUT2D eigenvalue weighted by molar-refractivity contribution is -0.117. The third-order valence-corrected chi connectivity index (χ3v) is 8.41. The van der Waals surface area contributed by atoms with Crippen LogP contribution in [0.15, 0.2) is 42.7 Å². The molecule has 2 amide bonds. The van der Waals surface area contributed by atoms with E-state index in [1.807, 2.05) is 6.20 Å². The highest BCUT2D eigenvalue weighted by molar-refractivity contribution is 6.31. The first-order valence-corrected chi connectivity index (χ1v) is 15.0. The average molecular weight is 622 g/mol. The number of primary amides is 1. The molecule has 4 aromatic rings. The van der Waals surface area contributed by atoms with E-state index >= 15 is 0 Å². The Labute approximate surface area is 258 Å². The van der Waals surface area contributed by atoms with Crippen LogP contribution in [0, 0.1) is 11.7 Å². The van der Waals surface area contributed by atoms with Crippen LogP contribution in [-0.2, 0) is 16.8 Å². The van der Waals surface area contributed by atoms with Crippen molar-refractivity contribution in [2.75, 3.05) is 20.3 Å². The van der Waals surface area contributed by atoms with Crippen LogP contribution in [0.25, 0.3) is 16.9 Å². The third-order valence-electron chi connectivity index (χ3n) is 8.12. The Bertz CT molecular complexity index is 1770. The number of carbonyl (C=O) groups excluding carboxylic acids is 2. The predicted octanol–water partition coefficient (Wildman–Crippen LogP) is 4.53. The molecule has 0 bridgehead atoms. The van der Waals surface area contributed by atoms with Gasteiger partial charge in [-0.3, -0.25) is 9.59 Å². The summed E-state index contributed by atoms with van der Waals surface area (Å²) in [5.41, 5.74) is 7.27. The number of nitrogens with zero attached hydrogens (tertiary/aromatic N) is 3. The molecular formula is C32H33ClFN5O5. The number of halogens is 2. The molecule has 230 valence electrons. The van der Waals surface area contributed by atoms with Crippen molar-refractivity contribution in [1.82, 2.24) is 19.7 Å². The van der Waals surface area contributed by atoms with Crippen molar-refractivity contribution in [3.05, 3.63) is 76.1 Å². The molecule has 12 heteroatoms. The third kappa shape index (κ3) is 5.81. The van der Waals surface area contributed by atoms with Gasteiger partial charge in [-0.05, 0) is 68.9 Å². The van der Waals surface area contributed by atoms with Gasteiger partial charge < -0.3 is 30.0 Å². The first-order chi connectivity index (χ1) is 21.1. The van der Waals surface area contributed by atoms with E-state index in [0.29, 0.717) is 46.8 Å². The van der Waals surface area contributed by atoms with E-state index in [2.05, 4.69) is 10.3 Å². The summed E-state index contributed by atoms with van der Waals surface area (Å²) in [6.45, 7) is 1.88. The number of methoxy groups -OCH3 is 1. The summed E-state index contributed by atoms with van der Waals surface area (Å²) in [4.78, 5) is 35.0. The van der Waals surface area contributed by atoms with Gasteiger partial charge in [0.15, 0.2) is 11.4 Å². The van der Waals surface area contributed by atoms with Gasteiger partial charge in [0.2, 0.25) is 5.91 Å². The highest BCUT2D eigenvalue weighted by atomic mass is 35.5. The zero-order valence-electron chi connectivity index (χ0n) is 24.4. The molecule has 0 saturated heterocycles. The van der Waals surface area contributed by atoms with Crippen molar-refractivity contribution < 1.29 is 28.6 Å². The van der Waals surface area contributed by atoms with Crippen LogP contribution < -0.4 is 20.5 Å². The maximum absolute atomic E-state index is 14.0. The average Bonchev–Trinajstić information content (AvgIpc) is 3.94. The number of carbonyl (C=O) groups is 2. The van der Waals surface area contributed by atoms with Gasteiger partial charge in [0, 0.05) is 29.4 Å². The number of amides is 2. The van der Waals surface area contributed by atoms with Gasteiger partial charge in [0.05, 0.1) is 48.7 Å². The van der Waals surface area contributed by atoms with E-state index in [-0.39, 0.29) is 47.7 Å². The number of nitrogens with one attached hydrogen (secondary N) is 1. The van der Waals surface area contributed by atoms with Crippen molar-refractivity contribution in [3.63, 3.8) is 0 Å². The van der Waals surface area contributed by atoms with Crippen LogP contribution in [0.1, 0.15) is 65.8 Å². The zero-order chi connectivity index (χ0) is 31.2. The summed E-state index contributed by atoms with van der Waals surface area (Å²) in [6.07, 6.45) is 7.03. The summed E-state index contributed by atoms with van der Waals surface area (Å²) in [7, 11) is 1.53. The summed E-state index contributed by atoms with van der Waals surface area (Å²) in [5, 5.41) is 14.9. The first kappa shape index (κ1) is 29.8. The molecule has 2 fully saturated rings. The zero-order valence-corrected chi connectivity index (χ0v) is 25.2. The molecule has 2 saturated carbocycles. The number of benzene rings is 1. The molecule has 10 nitrogen and oxygen atoms in total. The standard InChI is InChI=1S/C32H33ClFN5O5/c1-3-44-29-19(13-27(35)40)12-26(38-28(29)18-6-9-23(34)22(33)10-18)32(42,21-7-8-21)16-36-31(41)20-11-25(43-2)30-37-24(17-4-5-17)15-39(30)14-20/h6,9-12,14-15,17,21,42H,3-5,7-8,13,16H2,1-2H3,(H2,35,40)(H,36,41)/t32-/m1/s1. The quantitative estimate of drug-likeness (QED) is 0.211. The maximum atomic E-state index is 14.0. The van der Waals surface area contributed by atoms with Crippen molar-refractivity contribution in [2.24, 2.45) is 11.7 Å². The number of aliphatic hydroxyl groups is 1. The fourth-order valence-electron chi connectivity index (χ4n) is 5.53. The smallest absolute Gasteiger partial charge is 0.253 e. The second-order valence-corrected chi connectivity index (χ2v) is 11.8. The SMILES string of the molecule is CCOc1c(CC(N)=O)cc([C@@](O)(CNC(=O)c2cc(OC)c3nc(C4CC4)cn3c2)C2CC2)nc1-c1ccc(F)c(Cl)c1. The number of hydrogen-bond donors (Lipinski definition) is 3. The predicted molar refractivity (Wildman–Crippen MR) is 161 cm³/mol. The van der Waals surface area contributed by atoms with Crippen LogP contribution in [-0.4, -0.2) is 51.6 Å². The Kier molecular flexibility index (Phi) is 7.93. The molecule has 0 unspecified atom stereocenters. The molecule has 1 atom stereocenters. The summed E-state index contributed by atoms with van der Waals surface area (Å²) in [5.74, 6) is -0.648. The van der Waals surface area contributed by atoms with Gasteiger partial charge in [-0.15, -0.1) is 0 Å². The Morgan fingerprint density at radius 3 is 2.59 bits per heavy atom. The number of fused-ring (bicyclic) bond motifs is 1. The molecule has 6 rings (SSSR count). The molecule has 0 radical (unpaired) electrons. The number of hydrogen-bond acceptors (Lipinski definition) is 7. The molecule has 2 aliphatic carbocycles. The summed E-state index contributed by atoms with van der Waals surface area (Å²) < 4.78 is 27.3. The highest BCUT2D eigenvalue weighted by Crippen LogP contribution is 2.47. The lowest BCUT2D eigenvalue weighted by atomic mass is 9.90. The molecule has 3 heterocycles. The number of ether oxygens (including phenoxy) is 2. The van der Waals surface area contributed by atoms with Gasteiger partial charge in [-0.1, -0.05) is 11.6 Å². The van der Waals surface area contributed by atoms with E-state index in [9.17, 15) is 19.1 Å².